The van der Waals surface area contributed by atoms with Crippen molar-refractivity contribution in [2.75, 3.05) is 13.7 Å². The molecule has 0 saturated heterocycles. The SMILES string of the molecule is COC(=O)C(CO)NC(=O)c1ccc(F)c([N+](=O)[O-])c1. The number of hydrogen-bond acceptors (Lipinski definition) is 6. The van der Waals surface area contributed by atoms with Gasteiger partial charge < -0.3 is 15.2 Å². The Morgan fingerprint density at radius 1 is 1.55 bits per heavy atom. The number of carbonyl (C=O) groups excluding carboxylic acids is 2. The molecule has 0 spiro atoms. The van der Waals surface area contributed by atoms with Crippen LogP contribution in [0.5, 0.6) is 0 Å². The number of aliphatic hydroxyl groups is 1. The second-order valence-corrected chi connectivity index (χ2v) is 3.66. The van der Waals surface area contributed by atoms with E-state index in [2.05, 4.69) is 10.1 Å². The number of methoxy groups -OCH3 is 1. The average molecular weight is 286 g/mol. The van der Waals surface area contributed by atoms with Crippen molar-refractivity contribution in [1.82, 2.24) is 5.32 Å². The van der Waals surface area contributed by atoms with Gasteiger partial charge in [0.05, 0.1) is 18.6 Å². The maximum atomic E-state index is 13.1. The molecule has 0 aliphatic rings. The summed E-state index contributed by atoms with van der Waals surface area (Å²) in [5.41, 5.74) is -1.09. The Morgan fingerprint density at radius 3 is 2.70 bits per heavy atom. The molecule has 0 aliphatic carbocycles. The highest BCUT2D eigenvalue weighted by molar-refractivity contribution is 5.97. The van der Waals surface area contributed by atoms with Gasteiger partial charge in [0, 0.05) is 11.6 Å². The molecule has 1 atom stereocenters. The van der Waals surface area contributed by atoms with Crippen LogP contribution in [0.25, 0.3) is 0 Å². The largest absolute Gasteiger partial charge is 0.467 e. The van der Waals surface area contributed by atoms with E-state index < -0.39 is 41.0 Å². The number of amides is 1. The molecule has 0 saturated carbocycles. The molecule has 0 radical (unpaired) electrons. The molecular weight excluding hydrogens is 275 g/mol. The Labute approximate surface area is 112 Å². The summed E-state index contributed by atoms with van der Waals surface area (Å²) in [5.74, 6) is -2.84. The molecule has 1 rings (SSSR count). The van der Waals surface area contributed by atoms with E-state index in [1.807, 2.05) is 0 Å². The number of ether oxygens (including phenoxy) is 1. The number of nitrogens with one attached hydrogen (secondary N) is 1. The average Bonchev–Trinajstić information content (AvgIpc) is 2.43. The zero-order valence-corrected chi connectivity index (χ0v) is 10.3. The summed E-state index contributed by atoms with van der Waals surface area (Å²) in [4.78, 5) is 32.5. The Kier molecular flexibility index (Phi) is 5.09. The van der Waals surface area contributed by atoms with Gasteiger partial charge in [-0.1, -0.05) is 0 Å². The predicted octanol–water partition coefficient (Wildman–Crippen LogP) is -0.00240. The summed E-state index contributed by atoms with van der Waals surface area (Å²) < 4.78 is 17.4. The molecule has 1 amide bonds. The lowest BCUT2D eigenvalue weighted by Crippen LogP contribution is -2.44. The summed E-state index contributed by atoms with van der Waals surface area (Å²) in [7, 11) is 1.07. The van der Waals surface area contributed by atoms with Crippen molar-refractivity contribution in [2.45, 2.75) is 6.04 Å². The van der Waals surface area contributed by atoms with Crippen LogP contribution in [0.15, 0.2) is 18.2 Å². The summed E-state index contributed by atoms with van der Waals surface area (Å²) in [6, 6.07) is 1.20. The quantitative estimate of drug-likeness (QED) is 0.446. The number of aliphatic hydroxyl groups excluding tert-OH is 1. The van der Waals surface area contributed by atoms with Gasteiger partial charge in [-0.05, 0) is 12.1 Å². The van der Waals surface area contributed by atoms with E-state index in [0.29, 0.717) is 0 Å². The fourth-order valence-corrected chi connectivity index (χ4v) is 1.36. The van der Waals surface area contributed by atoms with Gasteiger partial charge in [-0.2, -0.15) is 4.39 Å². The zero-order chi connectivity index (χ0) is 15.3. The number of nitro benzene ring substituents is 1. The van der Waals surface area contributed by atoms with Crippen molar-refractivity contribution in [2.24, 2.45) is 0 Å². The summed E-state index contributed by atoms with van der Waals surface area (Å²) in [5, 5.41) is 21.6. The standard InChI is InChI=1S/C11H11FN2O6/c1-20-11(17)8(5-15)13-10(16)6-2-3-7(12)9(4-6)14(18)19/h2-4,8,15H,5H2,1H3,(H,13,16). The van der Waals surface area contributed by atoms with Crippen LogP contribution in [0.2, 0.25) is 0 Å². The molecule has 1 aromatic rings. The summed E-state index contributed by atoms with van der Waals surface area (Å²) in [6.45, 7) is -0.707. The zero-order valence-electron chi connectivity index (χ0n) is 10.3. The number of esters is 1. The van der Waals surface area contributed by atoms with Crippen LogP contribution in [-0.4, -0.2) is 41.7 Å². The number of nitro groups is 1. The van der Waals surface area contributed by atoms with Crippen LogP contribution in [0.4, 0.5) is 10.1 Å². The number of rotatable bonds is 5. The smallest absolute Gasteiger partial charge is 0.330 e. The maximum Gasteiger partial charge on any atom is 0.330 e. The van der Waals surface area contributed by atoms with Crippen molar-refractivity contribution in [3.63, 3.8) is 0 Å². The predicted molar refractivity (Wildman–Crippen MR) is 63.4 cm³/mol. The highest BCUT2D eigenvalue weighted by Gasteiger charge is 2.23. The molecular formula is C11H11FN2O6. The van der Waals surface area contributed by atoms with Gasteiger partial charge in [-0.15, -0.1) is 0 Å². The first kappa shape index (κ1) is 15.5. The van der Waals surface area contributed by atoms with Crippen molar-refractivity contribution in [3.05, 3.63) is 39.7 Å². The van der Waals surface area contributed by atoms with Crippen molar-refractivity contribution in [3.8, 4) is 0 Å². The monoisotopic (exact) mass is 286 g/mol. The van der Waals surface area contributed by atoms with E-state index in [0.717, 1.165) is 25.3 Å². The highest BCUT2D eigenvalue weighted by atomic mass is 19.1. The Balaban J connectivity index is 2.95. The molecule has 0 fully saturated rings. The molecule has 108 valence electrons. The molecule has 0 bridgehead atoms. The fraction of sp³-hybridized carbons (Fsp3) is 0.273. The van der Waals surface area contributed by atoms with E-state index >= 15 is 0 Å². The van der Waals surface area contributed by atoms with Crippen LogP contribution in [0, 0.1) is 15.9 Å². The number of carbonyl (C=O) groups is 2. The first-order chi connectivity index (χ1) is 9.40. The highest BCUT2D eigenvalue weighted by Crippen LogP contribution is 2.18. The summed E-state index contributed by atoms with van der Waals surface area (Å²) >= 11 is 0. The van der Waals surface area contributed by atoms with Gasteiger partial charge in [-0.25, -0.2) is 4.79 Å². The third kappa shape index (κ3) is 3.48. The molecule has 20 heavy (non-hydrogen) atoms. The van der Waals surface area contributed by atoms with Crippen molar-refractivity contribution < 1.29 is 28.7 Å². The van der Waals surface area contributed by atoms with Crippen LogP contribution >= 0.6 is 0 Å². The molecule has 9 heteroatoms. The Morgan fingerprint density at radius 2 is 2.20 bits per heavy atom. The van der Waals surface area contributed by atoms with Gasteiger partial charge in [0.1, 0.15) is 0 Å². The molecule has 1 aromatic carbocycles. The normalized spacial score (nSPS) is 11.6. The molecule has 0 aliphatic heterocycles. The molecule has 0 heterocycles. The van der Waals surface area contributed by atoms with E-state index in [9.17, 15) is 24.1 Å². The van der Waals surface area contributed by atoms with Gasteiger partial charge in [0.15, 0.2) is 6.04 Å². The fourth-order valence-electron chi connectivity index (χ4n) is 1.36. The van der Waals surface area contributed by atoms with E-state index in [1.54, 1.807) is 0 Å². The first-order valence-electron chi connectivity index (χ1n) is 5.34. The lowest BCUT2D eigenvalue weighted by atomic mass is 10.1. The molecule has 0 aromatic heterocycles. The second kappa shape index (κ2) is 6.57. The van der Waals surface area contributed by atoms with Gasteiger partial charge >= 0.3 is 11.7 Å². The van der Waals surface area contributed by atoms with Gasteiger partial charge in [0.25, 0.3) is 5.91 Å². The topological polar surface area (TPSA) is 119 Å². The number of hydrogen-bond donors (Lipinski definition) is 2. The molecule has 8 nitrogen and oxygen atoms in total. The molecule has 1 unspecified atom stereocenters. The van der Waals surface area contributed by atoms with Crippen LogP contribution in [0.3, 0.4) is 0 Å². The van der Waals surface area contributed by atoms with E-state index in [-0.39, 0.29) is 5.56 Å². The van der Waals surface area contributed by atoms with Gasteiger partial charge in [-0.3, -0.25) is 14.9 Å². The summed E-state index contributed by atoms with van der Waals surface area (Å²) in [6.07, 6.45) is 0. The minimum absolute atomic E-state index is 0.222. The second-order valence-electron chi connectivity index (χ2n) is 3.66. The lowest BCUT2D eigenvalue weighted by molar-refractivity contribution is -0.387. The lowest BCUT2D eigenvalue weighted by Gasteiger charge is -2.13. The van der Waals surface area contributed by atoms with E-state index in [4.69, 9.17) is 5.11 Å². The minimum Gasteiger partial charge on any atom is -0.467 e. The number of halogens is 1. The minimum atomic E-state index is -1.31. The van der Waals surface area contributed by atoms with E-state index in [1.165, 1.54) is 0 Å². The third-order valence-corrected chi connectivity index (χ3v) is 2.38. The van der Waals surface area contributed by atoms with Crippen molar-refractivity contribution in [1.29, 1.82) is 0 Å². The van der Waals surface area contributed by atoms with Crippen LogP contribution in [0.1, 0.15) is 10.4 Å². The van der Waals surface area contributed by atoms with Gasteiger partial charge in [0.2, 0.25) is 5.82 Å². The maximum absolute atomic E-state index is 13.1. The molecule has 2 N–H and O–H groups in total. The third-order valence-electron chi connectivity index (χ3n) is 2.38. The number of nitrogens with zero attached hydrogens (tertiary/aromatic N) is 1. The van der Waals surface area contributed by atoms with Crippen LogP contribution in [-0.2, 0) is 9.53 Å². The van der Waals surface area contributed by atoms with Crippen molar-refractivity contribution >= 4 is 17.6 Å². The number of benzene rings is 1. The van der Waals surface area contributed by atoms with Crippen LogP contribution < -0.4 is 5.32 Å². The Bertz CT molecular complexity index is 548. The Hall–Kier alpha value is -2.55. The first-order valence-corrected chi connectivity index (χ1v) is 5.34.